The smallest absolute Gasteiger partial charge is 0.0720 e. The van der Waals surface area contributed by atoms with Crippen molar-refractivity contribution < 1.29 is 4.74 Å². The normalized spacial score (nSPS) is 25.0. The fraction of sp³-hybridized carbons (Fsp3) is 0.684. The lowest BCUT2D eigenvalue weighted by molar-refractivity contribution is -0.0316. The largest absolute Gasteiger partial charge is 0.374 e. The Morgan fingerprint density at radius 2 is 2.00 bits per heavy atom. The molecule has 0 aromatic heterocycles. The molecule has 1 aromatic carbocycles. The van der Waals surface area contributed by atoms with Gasteiger partial charge in [-0.2, -0.15) is 0 Å². The van der Waals surface area contributed by atoms with Crippen molar-refractivity contribution in [1.29, 1.82) is 0 Å². The van der Waals surface area contributed by atoms with E-state index < -0.39 is 0 Å². The van der Waals surface area contributed by atoms with E-state index in [0.717, 1.165) is 25.6 Å². The van der Waals surface area contributed by atoms with Gasteiger partial charge in [0.15, 0.2) is 0 Å². The van der Waals surface area contributed by atoms with Gasteiger partial charge in [0.05, 0.1) is 12.7 Å². The van der Waals surface area contributed by atoms with Crippen LogP contribution in [0.5, 0.6) is 0 Å². The third-order valence-corrected chi connectivity index (χ3v) is 4.40. The SMILES string of the molecule is CCNCc1cccc(COC2CC(C)CC(C)(C)C2)c1. The molecule has 2 rings (SSSR count). The molecule has 0 amide bonds. The number of ether oxygens (including phenoxy) is 1. The van der Waals surface area contributed by atoms with Crippen molar-refractivity contribution >= 4 is 0 Å². The Kier molecular flexibility index (Phi) is 5.83. The standard InChI is InChI=1S/C19H31NO/c1-5-20-13-16-7-6-8-17(10-16)14-21-18-9-15(2)11-19(3,4)12-18/h6-8,10,15,18,20H,5,9,11-14H2,1-4H3. The maximum absolute atomic E-state index is 6.21. The molecule has 21 heavy (non-hydrogen) atoms. The third kappa shape index (κ3) is 5.44. The van der Waals surface area contributed by atoms with E-state index in [2.05, 4.69) is 57.3 Å². The summed E-state index contributed by atoms with van der Waals surface area (Å²) in [6.45, 7) is 11.9. The van der Waals surface area contributed by atoms with Crippen LogP contribution < -0.4 is 5.32 Å². The average molecular weight is 289 g/mol. The summed E-state index contributed by atoms with van der Waals surface area (Å²) in [4.78, 5) is 0. The lowest BCUT2D eigenvalue weighted by Crippen LogP contribution is -2.32. The summed E-state index contributed by atoms with van der Waals surface area (Å²) in [6.07, 6.45) is 4.14. The number of benzene rings is 1. The van der Waals surface area contributed by atoms with Gasteiger partial charge in [-0.3, -0.25) is 0 Å². The molecule has 2 atom stereocenters. The van der Waals surface area contributed by atoms with E-state index in [1.54, 1.807) is 0 Å². The Balaban J connectivity index is 1.87. The Bertz CT molecular complexity index is 441. The van der Waals surface area contributed by atoms with Crippen molar-refractivity contribution in [1.82, 2.24) is 5.32 Å². The minimum Gasteiger partial charge on any atom is -0.374 e. The first-order valence-corrected chi connectivity index (χ1v) is 8.38. The van der Waals surface area contributed by atoms with Crippen LogP contribution in [0.15, 0.2) is 24.3 Å². The van der Waals surface area contributed by atoms with Crippen molar-refractivity contribution in [3.63, 3.8) is 0 Å². The topological polar surface area (TPSA) is 21.3 Å². The molecule has 1 N–H and O–H groups in total. The van der Waals surface area contributed by atoms with Gasteiger partial charge in [0.1, 0.15) is 0 Å². The molecule has 1 aromatic rings. The van der Waals surface area contributed by atoms with Gasteiger partial charge in [0.2, 0.25) is 0 Å². The van der Waals surface area contributed by atoms with Crippen LogP contribution in [0.3, 0.4) is 0 Å². The van der Waals surface area contributed by atoms with Crippen LogP contribution in [0.2, 0.25) is 0 Å². The van der Waals surface area contributed by atoms with E-state index in [1.165, 1.54) is 30.4 Å². The predicted octanol–water partition coefficient (Wildman–Crippen LogP) is 4.53. The summed E-state index contributed by atoms with van der Waals surface area (Å²) >= 11 is 0. The van der Waals surface area contributed by atoms with E-state index in [9.17, 15) is 0 Å². The van der Waals surface area contributed by atoms with Crippen LogP contribution in [0.25, 0.3) is 0 Å². The highest BCUT2D eigenvalue weighted by Crippen LogP contribution is 2.39. The number of hydrogen-bond acceptors (Lipinski definition) is 2. The summed E-state index contributed by atoms with van der Waals surface area (Å²) in [6, 6.07) is 8.75. The molecule has 1 saturated carbocycles. The van der Waals surface area contributed by atoms with E-state index in [-0.39, 0.29) is 0 Å². The molecule has 2 unspecified atom stereocenters. The predicted molar refractivity (Wildman–Crippen MR) is 89.2 cm³/mol. The first kappa shape index (κ1) is 16.5. The fourth-order valence-corrected chi connectivity index (χ4v) is 3.70. The van der Waals surface area contributed by atoms with Crippen molar-refractivity contribution in [2.24, 2.45) is 11.3 Å². The quantitative estimate of drug-likeness (QED) is 0.831. The second-order valence-corrected chi connectivity index (χ2v) is 7.45. The molecule has 0 spiro atoms. The minimum absolute atomic E-state index is 0.418. The number of hydrogen-bond donors (Lipinski definition) is 1. The van der Waals surface area contributed by atoms with Crippen LogP contribution >= 0.6 is 0 Å². The summed E-state index contributed by atoms with van der Waals surface area (Å²) in [5, 5.41) is 3.37. The number of rotatable bonds is 6. The van der Waals surface area contributed by atoms with E-state index in [4.69, 9.17) is 4.74 Å². The summed E-state index contributed by atoms with van der Waals surface area (Å²) in [7, 11) is 0. The van der Waals surface area contributed by atoms with Crippen molar-refractivity contribution in [3.05, 3.63) is 35.4 Å². The van der Waals surface area contributed by atoms with E-state index in [0.29, 0.717) is 11.5 Å². The Labute approximate surface area is 130 Å². The van der Waals surface area contributed by atoms with Gasteiger partial charge in [-0.1, -0.05) is 52.0 Å². The Morgan fingerprint density at radius 1 is 1.24 bits per heavy atom. The molecule has 2 heteroatoms. The van der Waals surface area contributed by atoms with Crippen molar-refractivity contribution in [2.75, 3.05) is 6.54 Å². The molecular formula is C19H31NO. The van der Waals surface area contributed by atoms with Gasteiger partial charge in [-0.15, -0.1) is 0 Å². The van der Waals surface area contributed by atoms with Gasteiger partial charge in [0.25, 0.3) is 0 Å². The zero-order chi connectivity index (χ0) is 15.3. The van der Waals surface area contributed by atoms with Crippen LogP contribution in [0, 0.1) is 11.3 Å². The molecule has 118 valence electrons. The molecule has 2 nitrogen and oxygen atoms in total. The van der Waals surface area contributed by atoms with Crippen LogP contribution in [-0.4, -0.2) is 12.6 Å². The van der Waals surface area contributed by atoms with Gasteiger partial charge in [-0.05, 0) is 48.3 Å². The van der Waals surface area contributed by atoms with Gasteiger partial charge in [-0.25, -0.2) is 0 Å². The highest BCUT2D eigenvalue weighted by Gasteiger charge is 2.32. The maximum Gasteiger partial charge on any atom is 0.0720 e. The molecule has 1 aliphatic carbocycles. The zero-order valence-electron chi connectivity index (χ0n) is 14.1. The summed E-state index contributed by atoms with van der Waals surface area (Å²) in [5.41, 5.74) is 3.06. The van der Waals surface area contributed by atoms with Crippen LogP contribution in [0.4, 0.5) is 0 Å². The highest BCUT2D eigenvalue weighted by molar-refractivity contribution is 5.22. The Morgan fingerprint density at radius 3 is 2.71 bits per heavy atom. The first-order chi connectivity index (χ1) is 9.98. The molecule has 0 radical (unpaired) electrons. The highest BCUT2D eigenvalue weighted by atomic mass is 16.5. The summed E-state index contributed by atoms with van der Waals surface area (Å²) < 4.78 is 6.21. The Hall–Kier alpha value is -0.860. The molecule has 1 fully saturated rings. The molecule has 0 bridgehead atoms. The molecule has 1 aliphatic rings. The second-order valence-electron chi connectivity index (χ2n) is 7.45. The first-order valence-electron chi connectivity index (χ1n) is 8.38. The lowest BCUT2D eigenvalue weighted by atomic mass is 9.71. The average Bonchev–Trinajstić information content (AvgIpc) is 2.41. The lowest BCUT2D eigenvalue weighted by Gasteiger charge is -2.38. The van der Waals surface area contributed by atoms with Crippen LogP contribution in [0.1, 0.15) is 58.1 Å². The van der Waals surface area contributed by atoms with E-state index in [1.807, 2.05) is 0 Å². The zero-order valence-corrected chi connectivity index (χ0v) is 14.1. The van der Waals surface area contributed by atoms with Crippen LogP contribution in [-0.2, 0) is 17.9 Å². The van der Waals surface area contributed by atoms with Gasteiger partial charge >= 0.3 is 0 Å². The van der Waals surface area contributed by atoms with Gasteiger partial charge in [0, 0.05) is 6.54 Å². The fourth-order valence-electron chi connectivity index (χ4n) is 3.70. The third-order valence-electron chi connectivity index (χ3n) is 4.40. The van der Waals surface area contributed by atoms with E-state index >= 15 is 0 Å². The molecule has 0 aliphatic heterocycles. The second kappa shape index (κ2) is 7.42. The van der Waals surface area contributed by atoms with Crippen molar-refractivity contribution in [2.45, 2.75) is 66.2 Å². The maximum atomic E-state index is 6.21. The molecular weight excluding hydrogens is 258 g/mol. The van der Waals surface area contributed by atoms with Gasteiger partial charge < -0.3 is 10.1 Å². The number of nitrogens with one attached hydrogen (secondary N) is 1. The molecule has 0 saturated heterocycles. The minimum atomic E-state index is 0.418. The van der Waals surface area contributed by atoms with Crippen molar-refractivity contribution in [3.8, 4) is 0 Å². The summed E-state index contributed by atoms with van der Waals surface area (Å²) in [5.74, 6) is 0.777. The molecule has 0 heterocycles. The monoisotopic (exact) mass is 289 g/mol.